The molecule has 0 aliphatic rings. The van der Waals surface area contributed by atoms with Crippen LogP contribution in [0.2, 0.25) is 0 Å². The van der Waals surface area contributed by atoms with Crippen molar-refractivity contribution in [3.05, 3.63) is 241 Å². The highest BCUT2D eigenvalue weighted by Crippen LogP contribution is 2.55. The summed E-state index contributed by atoms with van der Waals surface area (Å²) < 4.78 is 14.0. The van der Waals surface area contributed by atoms with Crippen molar-refractivity contribution >= 4 is 110 Å². The van der Waals surface area contributed by atoms with Gasteiger partial charge in [-0.25, -0.2) is 0 Å². The summed E-state index contributed by atoms with van der Waals surface area (Å²) in [6.45, 7) is 6.56. The molecule has 2 heterocycles. The molecule has 0 aliphatic heterocycles. The molecule has 0 spiro atoms. The Morgan fingerprint density at radius 3 is 1.20 bits per heavy atom. The Labute approximate surface area is 411 Å². The summed E-state index contributed by atoms with van der Waals surface area (Å²) in [5.41, 5.74) is 17.5. The first-order chi connectivity index (χ1) is 34.9. The lowest BCUT2D eigenvalue weighted by Gasteiger charge is -2.34. The molecule has 336 valence electrons. The third-order valence-corrected chi connectivity index (χ3v) is 14.5. The lowest BCUT2D eigenvalue weighted by molar-refractivity contribution is 0.669. The molecule has 12 aromatic carbocycles. The van der Waals surface area contributed by atoms with E-state index in [2.05, 4.69) is 255 Å². The second-order valence-electron chi connectivity index (χ2n) is 19.1. The highest BCUT2D eigenvalue weighted by molar-refractivity contribution is 6.30. The van der Waals surface area contributed by atoms with Gasteiger partial charge in [-0.2, -0.15) is 0 Å². The van der Waals surface area contributed by atoms with Gasteiger partial charge >= 0.3 is 0 Å². The van der Waals surface area contributed by atoms with Crippen molar-refractivity contribution < 1.29 is 8.83 Å². The second-order valence-corrected chi connectivity index (χ2v) is 19.1. The zero-order valence-electron chi connectivity index (χ0n) is 39.6. The molecule has 4 heteroatoms. The maximum absolute atomic E-state index is 7.02. The molecule has 0 fully saturated rings. The number of benzene rings is 12. The van der Waals surface area contributed by atoms with E-state index in [0.29, 0.717) is 0 Å². The highest BCUT2D eigenvalue weighted by atomic mass is 16.3. The van der Waals surface area contributed by atoms with Gasteiger partial charge in [-0.3, -0.25) is 0 Å². The quantitative estimate of drug-likeness (QED) is 0.142. The van der Waals surface area contributed by atoms with Gasteiger partial charge in [0.25, 0.3) is 0 Å². The molecule has 2 aromatic heterocycles. The van der Waals surface area contributed by atoms with E-state index in [-0.39, 0.29) is 0 Å². The summed E-state index contributed by atoms with van der Waals surface area (Å²) in [6, 6.07) is 81.6. The van der Waals surface area contributed by atoms with Crippen LogP contribution in [0.4, 0.5) is 34.1 Å². The molecular weight excluding hydrogens is 865 g/mol. The zero-order chi connectivity index (χ0) is 47.3. The smallest absolute Gasteiger partial charge is 0.159 e. The summed E-state index contributed by atoms with van der Waals surface area (Å²) in [4.78, 5) is 4.95. The largest absolute Gasteiger partial charge is 0.454 e. The fourth-order valence-electron chi connectivity index (χ4n) is 11.4. The van der Waals surface area contributed by atoms with E-state index < -0.39 is 0 Å². The number of fused-ring (bicyclic) bond motifs is 6. The third-order valence-electron chi connectivity index (χ3n) is 14.5. The van der Waals surface area contributed by atoms with Crippen molar-refractivity contribution in [2.24, 2.45) is 0 Å². The molecule has 0 amide bonds. The Morgan fingerprint density at radius 2 is 0.718 bits per heavy atom. The van der Waals surface area contributed by atoms with Crippen LogP contribution in [0.1, 0.15) is 16.7 Å². The minimum absolute atomic E-state index is 0.824. The molecule has 0 unspecified atom stereocenters. The van der Waals surface area contributed by atoms with Crippen molar-refractivity contribution in [3.8, 4) is 22.3 Å². The van der Waals surface area contributed by atoms with Gasteiger partial charge < -0.3 is 18.6 Å². The lowest BCUT2D eigenvalue weighted by atomic mass is 9.90. The van der Waals surface area contributed by atoms with Gasteiger partial charge in [0.1, 0.15) is 11.2 Å². The van der Waals surface area contributed by atoms with Crippen LogP contribution in [0.5, 0.6) is 0 Å². The van der Waals surface area contributed by atoms with E-state index in [9.17, 15) is 0 Å². The van der Waals surface area contributed by atoms with Gasteiger partial charge in [0.05, 0.1) is 34.1 Å². The minimum Gasteiger partial charge on any atom is -0.454 e. The van der Waals surface area contributed by atoms with Crippen LogP contribution in [-0.2, 0) is 0 Å². The van der Waals surface area contributed by atoms with E-state index in [1.807, 2.05) is 0 Å². The fraction of sp³-hybridized carbons (Fsp3) is 0.0448. The van der Waals surface area contributed by atoms with Crippen LogP contribution < -0.4 is 9.80 Å². The number of anilines is 6. The number of rotatable bonds is 8. The molecule has 0 radical (unpaired) electrons. The average Bonchev–Trinajstić information content (AvgIpc) is 3.99. The van der Waals surface area contributed by atoms with Crippen LogP contribution in [0, 0.1) is 20.8 Å². The monoisotopic (exact) mass is 910 g/mol. The number of nitrogens with zero attached hydrogens (tertiary/aromatic N) is 2. The number of hydrogen-bond donors (Lipinski definition) is 0. The van der Waals surface area contributed by atoms with Gasteiger partial charge in [0.2, 0.25) is 0 Å². The number of furan rings is 2. The summed E-state index contributed by atoms with van der Waals surface area (Å²) in [6.07, 6.45) is 0. The molecule has 4 nitrogen and oxygen atoms in total. The third kappa shape index (κ3) is 6.45. The van der Waals surface area contributed by atoms with Gasteiger partial charge in [-0.15, -0.1) is 0 Å². The zero-order valence-corrected chi connectivity index (χ0v) is 39.6. The van der Waals surface area contributed by atoms with Crippen molar-refractivity contribution in [2.45, 2.75) is 20.8 Å². The molecule has 71 heavy (non-hydrogen) atoms. The van der Waals surface area contributed by atoms with Gasteiger partial charge in [0, 0.05) is 48.8 Å². The fourth-order valence-corrected chi connectivity index (χ4v) is 11.4. The van der Waals surface area contributed by atoms with Crippen LogP contribution in [0.3, 0.4) is 0 Å². The Balaban J connectivity index is 1.18. The second kappa shape index (κ2) is 16.0. The molecule has 0 bridgehead atoms. The Bertz CT molecular complexity index is 4120. The Kier molecular flexibility index (Phi) is 9.21. The van der Waals surface area contributed by atoms with Crippen molar-refractivity contribution in [2.75, 3.05) is 9.80 Å². The topological polar surface area (TPSA) is 32.8 Å². The summed E-state index contributed by atoms with van der Waals surface area (Å²) in [5.74, 6) is 0. The van der Waals surface area contributed by atoms with Crippen molar-refractivity contribution in [1.82, 2.24) is 0 Å². The van der Waals surface area contributed by atoms with Crippen molar-refractivity contribution in [1.29, 1.82) is 0 Å². The van der Waals surface area contributed by atoms with E-state index in [0.717, 1.165) is 111 Å². The van der Waals surface area contributed by atoms with Crippen LogP contribution in [0.25, 0.3) is 98.4 Å². The van der Waals surface area contributed by atoms with E-state index in [1.165, 1.54) is 38.2 Å². The molecule has 0 atom stereocenters. The standard InChI is InChI=1S/C67H46N2O2/c1-41-28-34-56(54(38-41)44-16-6-4-7-17-44)68(58-24-14-22-50-48-20-10-12-26-62(48)70-66(50)58)60-40-61(53-33-31-47-37-43(3)36-46-30-32-52(60)65(53)64(46)47)69(57-35-29-42(2)39-55(57)45-18-8-5-9-19-45)59-25-15-23-51-49-21-11-13-27-63(49)71-67(51)59/h4-40H,1-3H3. The van der Waals surface area contributed by atoms with E-state index in [4.69, 9.17) is 8.83 Å². The molecular formula is C67H46N2O2. The molecule has 0 N–H and O–H groups in total. The van der Waals surface area contributed by atoms with Gasteiger partial charge in [-0.05, 0) is 108 Å². The first-order valence-electron chi connectivity index (χ1n) is 24.4. The predicted octanol–water partition coefficient (Wildman–Crippen LogP) is 19.6. The predicted molar refractivity (Wildman–Crippen MR) is 299 cm³/mol. The maximum Gasteiger partial charge on any atom is 0.159 e. The van der Waals surface area contributed by atoms with Crippen LogP contribution >= 0.6 is 0 Å². The molecule has 0 saturated heterocycles. The summed E-state index contributed by atoms with van der Waals surface area (Å²) in [5, 5.41) is 11.4. The normalized spacial score (nSPS) is 11.9. The number of hydrogen-bond acceptors (Lipinski definition) is 4. The molecule has 14 aromatic rings. The van der Waals surface area contributed by atoms with Crippen LogP contribution in [-0.4, -0.2) is 0 Å². The Morgan fingerprint density at radius 1 is 0.282 bits per heavy atom. The maximum atomic E-state index is 7.02. The lowest BCUT2D eigenvalue weighted by Crippen LogP contribution is -2.16. The van der Waals surface area contributed by atoms with Crippen molar-refractivity contribution in [3.63, 3.8) is 0 Å². The summed E-state index contributed by atoms with van der Waals surface area (Å²) in [7, 11) is 0. The van der Waals surface area contributed by atoms with E-state index in [1.54, 1.807) is 0 Å². The molecule has 14 rings (SSSR count). The first kappa shape index (κ1) is 40.9. The summed E-state index contributed by atoms with van der Waals surface area (Å²) >= 11 is 0. The number of aryl methyl sites for hydroxylation is 3. The minimum atomic E-state index is 0.824. The number of para-hydroxylation sites is 4. The SMILES string of the molecule is Cc1ccc(N(c2cc(N(c3ccc(C)cc3-c3ccccc3)c3cccc4c3oc3ccccc34)c3ccc4cc(C)cc5ccc2c3c54)c2cccc3c2oc2ccccc23)c(-c2ccccc2)c1. The van der Waals surface area contributed by atoms with Gasteiger partial charge in [0.15, 0.2) is 11.2 Å². The molecule has 0 aliphatic carbocycles. The van der Waals surface area contributed by atoms with Crippen LogP contribution in [0.15, 0.2) is 233 Å². The highest BCUT2D eigenvalue weighted by Gasteiger charge is 2.30. The van der Waals surface area contributed by atoms with Gasteiger partial charge in [-0.1, -0.05) is 181 Å². The Hall–Kier alpha value is -9.12. The molecule has 0 saturated carbocycles. The van der Waals surface area contributed by atoms with E-state index >= 15 is 0 Å². The first-order valence-corrected chi connectivity index (χ1v) is 24.4. The average molecular weight is 911 g/mol.